The highest BCUT2D eigenvalue weighted by Crippen LogP contribution is 2.26. The van der Waals surface area contributed by atoms with Crippen LogP contribution in [0.2, 0.25) is 0 Å². The monoisotopic (exact) mass is 421 g/mol. The van der Waals surface area contributed by atoms with Crippen molar-refractivity contribution < 1.29 is 14.4 Å². The highest BCUT2D eigenvalue weighted by atomic mass is 16.2. The molecule has 6 nitrogen and oxygen atoms in total. The average Bonchev–Trinajstić information content (AvgIpc) is 2.82. The molecule has 6 heteroatoms. The Morgan fingerprint density at radius 2 is 1.81 bits per heavy atom. The van der Waals surface area contributed by atoms with Crippen molar-refractivity contribution in [2.45, 2.75) is 45.1 Å². The zero-order valence-corrected chi connectivity index (χ0v) is 18.1. The SMILES string of the molecule is Cc1cccc(C(=O)NCC(=O)N2CCCCCCNC(=O)CC2c2ccccc2)c1. The van der Waals surface area contributed by atoms with E-state index in [2.05, 4.69) is 10.6 Å². The minimum atomic E-state index is -0.359. The fraction of sp³-hybridized carbons (Fsp3) is 0.400. The van der Waals surface area contributed by atoms with Gasteiger partial charge in [0.25, 0.3) is 5.91 Å². The third-order valence-corrected chi connectivity index (χ3v) is 5.59. The first kappa shape index (κ1) is 22.5. The first-order valence-electron chi connectivity index (χ1n) is 11.0. The molecule has 0 spiro atoms. The smallest absolute Gasteiger partial charge is 0.251 e. The maximum absolute atomic E-state index is 13.2. The lowest BCUT2D eigenvalue weighted by atomic mass is 10.0. The molecule has 0 aliphatic carbocycles. The van der Waals surface area contributed by atoms with Gasteiger partial charge in [-0.05, 0) is 37.5 Å². The van der Waals surface area contributed by atoms with Crippen LogP contribution in [0.1, 0.15) is 59.6 Å². The molecule has 164 valence electrons. The number of carbonyl (C=O) groups is 3. The highest BCUT2D eigenvalue weighted by Gasteiger charge is 2.27. The summed E-state index contributed by atoms with van der Waals surface area (Å²) < 4.78 is 0. The van der Waals surface area contributed by atoms with Gasteiger partial charge < -0.3 is 15.5 Å². The fourth-order valence-corrected chi connectivity index (χ4v) is 3.92. The van der Waals surface area contributed by atoms with Gasteiger partial charge in [0.1, 0.15) is 0 Å². The van der Waals surface area contributed by atoms with Gasteiger partial charge in [0.2, 0.25) is 11.8 Å². The Hall–Kier alpha value is -3.15. The Morgan fingerprint density at radius 1 is 1.03 bits per heavy atom. The van der Waals surface area contributed by atoms with Crippen molar-refractivity contribution in [1.82, 2.24) is 15.5 Å². The van der Waals surface area contributed by atoms with Crippen molar-refractivity contribution in [1.29, 1.82) is 0 Å². The van der Waals surface area contributed by atoms with E-state index < -0.39 is 0 Å². The van der Waals surface area contributed by atoms with Crippen molar-refractivity contribution >= 4 is 17.7 Å². The maximum atomic E-state index is 13.2. The number of amides is 3. The van der Waals surface area contributed by atoms with E-state index in [1.165, 1.54) is 0 Å². The van der Waals surface area contributed by atoms with Crippen molar-refractivity contribution in [3.63, 3.8) is 0 Å². The number of nitrogens with zero attached hydrogens (tertiary/aromatic N) is 1. The summed E-state index contributed by atoms with van der Waals surface area (Å²) in [4.78, 5) is 40.0. The van der Waals surface area contributed by atoms with E-state index in [-0.39, 0.29) is 36.7 Å². The molecule has 1 heterocycles. The minimum absolute atomic E-state index is 0.0580. The van der Waals surface area contributed by atoms with Crippen molar-refractivity contribution in [2.75, 3.05) is 19.6 Å². The van der Waals surface area contributed by atoms with Gasteiger partial charge in [-0.15, -0.1) is 0 Å². The second-order valence-corrected chi connectivity index (χ2v) is 8.03. The maximum Gasteiger partial charge on any atom is 0.251 e. The average molecular weight is 422 g/mol. The van der Waals surface area contributed by atoms with Gasteiger partial charge in [0.05, 0.1) is 19.0 Å². The number of aryl methyl sites for hydroxylation is 1. The lowest BCUT2D eigenvalue weighted by molar-refractivity contribution is -0.134. The Kier molecular flexibility index (Phi) is 8.21. The van der Waals surface area contributed by atoms with Crippen LogP contribution < -0.4 is 10.6 Å². The summed E-state index contributed by atoms with van der Waals surface area (Å²) in [6, 6.07) is 16.6. The van der Waals surface area contributed by atoms with E-state index in [4.69, 9.17) is 0 Å². The van der Waals surface area contributed by atoms with Gasteiger partial charge in [0.15, 0.2) is 0 Å². The number of hydrogen-bond acceptors (Lipinski definition) is 3. The van der Waals surface area contributed by atoms with Crippen LogP contribution in [0, 0.1) is 6.92 Å². The number of rotatable bonds is 4. The highest BCUT2D eigenvalue weighted by molar-refractivity contribution is 5.96. The van der Waals surface area contributed by atoms with E-state index in [9.17, 15) is 14.4 Å². The molecule has 2 aromatic rings. The fourth-order valence-electron chi connectivity index (χ4n) is 3.92. The molecule has 1 saturated heterocycles. The van der Waals surface area contributed by atoms with Gasteiger partial charge in [-0.3, -0.25) is 14.4 Å². The van der Waals surface area contributed by atoms with Crippen molar-refractivity contribution in [2.24, 2.45) is 0 Å². The minimum Gasteiger partial charge on any atom is -0.356 e. The van der Waals surface area contributed by atoms with Crippen LogP contribution in [0.4, 0.5) is 0 Å². The van der Waals surface area contributed by atoms with E-state index in [0.29, 0.717) is 18.7 Å². The number of benzene rings is 2. The summed E-state index contributed by atoms with van der Waals surface area (Å²) in [7, 11) is 0. The molecule has 0 aromatic heterocycles. The van der Waals surface area contributed by atoms with Gasteiger partial charge in [-0.25, -0.2) is 0 Å². The molecule has 0 radical (unpaired) electrons. The lowest BCUT2D eigenvalue weighted by Gasteiger charge is -2.32. The Morgan fingerprint density at radius 3 is 2.58 bits per heavy atom. The first-order valence-corrected chi connectivity index (χ1v) is 11.0. The molecule has 3 rings (SSSR count). The molecule has 1 fully saturated rings. The van der Waals surface area contributed by atoms with Crippen LogP contribution >= 0.6 is 0 Å². The number of hydrogen-bond donors (Lipinski definition) is 2. The first-order chi connectivity index (χ1) is 15.0. The molecule has 1 aliphatic heterocycles. The molecule has 0 bridgehead atoms. The van der Waals surface area contributed by atoms with E-state index in [1.807, 2.05) is 49.4 Å². The quantitative estimate of drug-likeness (QED) is 0.794. The van der Waals surface area contributed by atoms with Gasteiger partial charge in [-0.2, -0.15) is 0 Å². The standard InChI is InChI=1S/C25H31N3O3/c1-19-10-9-13-21(16-19)25(31)27-18-24(30)28-15-8-3-2-7-14-26-23(29)17-22(28)20-11-5-4-6-12-20/h4-6,9-13,16,22H,2-3,7-8,14-15,17-18H2,1H3,(H,26,29)(H,27,31). The molecule has 2 aromatic carbocycles. The van der Waals surface area contributed by atoms with E-state index in [1.54, 1.807) is 17.0 Å². The molecule has 2 N–H and O–H groups in total. The van der Waals surface area contributed by atoms with Crippen molar-refractivity contribution in [3.8, 4) is 0 Å². The normalized spacial score (nSPS) is 17.9. The third-order valence-electron chi connectivity index (χ3n) is 5.59. The second kappa shape index (κ2) is 11.3. The van der Waals surface area contributed by atoms with Crippen LogP contribution in [0.25, 0.3) is 0 Å². The van der Waals surface area contributed by atoms with Crippen LogP contribution in [0.3, 0.4) is 0 Å². The predicted octanol–water partition coefficient (Wildman–Crippen LogP) is 3.38. The van der Waals surface area contributed by atoms with E-state index in [0.717, 1.165) is 36.8 Å². The second-order valence-electron chi connectivity index (χ2n) is 8.03. The topological polar surface area (TPSA) is 78.5 Å². The van der Waals surface area contributed by atoms with Crippen LogP contribution in [0.15, 0.2) is 54.6 Å². The van der Waals surface area contributed by atoms with Crippen LogP contribution in [-0.4, -0.2) is 42.3 Å². The zero-order chi connectivity index (χ0) is 22.1. The van der Waals surface area contributed by atoms with Gasteiger partial charge in [-0.1, -0.05) is 60.9 Å². The summed E-state index contributed by atoms with van der Waals surface area (Å²) in [5.41, 5.74) is 2.45. The molecule has 1 atom stereocenters. The Bertz CT molecular complexity index is 898. The lowest BCUT2D eigenvalue weighted by Crippen LogP contribution is -2.44. The molecule has 1 aliphatic rings. The zero-order valence-electron chi connectivity index (χ0n) is 18.1. The predicted molar refractivity (Wildman–Crippen MR) is 121 cm³/mol. The molecular formula is C25H31N3O3. The van der Waals surface area contributed by atoms with Gasteiger partial charge >= 0.3 is 0 Å². The molecule has 0 saturated carbocycles. The Labute approximate surface area is 184 Å². The number of carbonyl (C=O) groups excluding carboxylic acids is 3. The Balaban J connectivity index is 1.77. The summed E-state index contributed by atoms with van der Waals surface area (Å²) in [5.74, 6) is -0.511. The van der Waals surface area contributed by atoms with Crippen molar-refractivity contribution in [3.05, 3.63) is 71.3 Å². The summed E-state index contributed by atoms with van der Waals surface area (Å²) in [5, 5.41) is 5.72. The third kappa shape index (κ3) is 6.67. The summed E-state index contributed by atoms with van der Waals surface area (Å²) >= 11 is 0. The van der Waals surface area contributed by atoms with Crippen LogP contribution in [0.5, 0.6) is 0 Å². The summed E-state index contributed by atoms with van der Waals surface area (Å²) in [6.45, 7) is 3.05. The molecular weight excluding hydrogens is 390 g/mol. The van der Waals surface area contributed by atoms with E-state index >= 15 is 0 Å². The molecule has 3 amide bonds. The number of nitrogens with one attached hydrogen (secondary N) is 2. The largest absolute Gasteiger partial charge is 0.356 e. The summed E-state index contributed by atoms with van der Waals surface area (Å²) in [6.07, 6.45) is 4.04. The van der Waals surface area contributed by atoms with Gasteiger partial charge in [0, 0.05) is 18.7 Å². The van der Waals surface area contributed by atoms with Crippen LogP contribution in [-0.2, 0) is 9.59 Å². The molecule has 1 unspecified atom stereocenters. The molecule has 31 heavy (non-hydrogen) atoms.